The number of carbonyl (C=O) groups is 2. The number of halogens is 1. The quantitative estimate of drug-likeness (QED) is 0.577. The molecule has 0 radical (unpaired) electrons. The van der Waals surface area contributed by atoms with Gasteiger partial charge in [0.2, 0.25) is 0 Å². The highest BCUT2D eigenvalue weighted by atomic mass is 35.5. The SMILES string of the molecule is CNC(=O)c1[nH]c(C(=O)NC2CCC(O)CC2)cc1O[C@@H](C)c1ccc(Cl)cc1. The van der Waals surface area contributed by atoms with Gasteiger partial charge < -0.3 is 25.5 Å². The van der Waals surface area contributed by atoms with Crippen molar-refractivity contribution >= 4 is 23.4 Å². The van der Waals surface area contributed by atoms with E-state index in [2.05, 4.69) is 15.6 Å². The summed E-state index contributed by atoms with van der Waals surface area (Å²) in [5, 5.41) is 15.8. The van der Waals surface area contributed by atoms with Gasteiger partial charge in [-0.2, -0.15) is 0 Å². The third kappa shape index (κ3) is 5.31. The summed E-state index contributed by atoms with van der Waals surface area (Å²) in [6, 6.07) is 8.80. The van der Waals surface area contributed by atoms with Crippen LogP contribution >= 0.6 is 11.6 Å². The number of rotatable bonds is 6. The Hall–Kier alpha value is -2.51. The summed E-state index contributed by atoms with van der Waals surface area (Å²) < 4.78 is 5.98. The summed E-state index contributed by atoms with van der Waals surface area (Å²) in [6.07, 6.45) is 2.17. The zero-order valence-electron chi connectivity index (χ0n) is 16.5. The van der Waals surface area contributed by atoms with Gasteiger partial charge in [-0.15, -0.1) is 0 Å². The van der Waals surface area contributed by atoms with Crippen molar-refractivity contribution < 1.29 is 19.4 Å². The standard InChI is InChI=1S/C21H26ClN3O4/c1-12(13-3-5-14(22)6-4-13)29-18-11-17(25-19(18)21(28)23-2)20(27)24-15-7-9-16(26)10-8-15/h3-6,11-12,15-16,25-26H,7-10H2,1-2H3,(H,23,28)(H,24,27)/t12-,15?,16?/m0/s1. The van der Waals surface area contributed by atoms with Gasteiger partial charge in [-0.25, -0.2) is 0 Å². The molecular weight excluding hydrogens is 394 g/mol. The first kappa shape index (κ1) is 21.2. The Bertz CT molecular complexity index is 857. The molecule has 4 N–H and O–H groups in total. The lowest BCUT2D eigenvalue weighted by atomic mass is 9.93. The molecule has 0 unspecified atom stereocenters. The summed E-state index contributed by atoms with van der Waals surface area (Å²) in [6.45, 7) is 1.86. The van der Waals surface area contributed by atoms with E-state index in [1.807, 2.05) is 19.1 Å². The topological polar surface area (TPSA) is 103 Å². The first-order valence-corrected chi connectivity index (χ1v) is 10.1. The molecule has 0 saturated heterocycles. The number of aromatic nitrogens is 1. The van der Waals surface area contributed by atoms with Crippen LogP contribution in [0, 0.1) is 0 Å². The highest BCUT2D eigenvalue weighted by Crippen LogP contribution is 2.28. The van der Waals surface area contributed by atoms with Crippen LogP contribution in [0.3, 0.4) is 0 Å². The van der Waals surface area contributed by atoms with Gasteiger partial charge in [0.25, 0.3) is 11.8 Å². The van der Waals surface area contributed by atoms with Gasteiger partial charge in [0.05, 0.1) is 6.10 Å². The van der Waals surface area contributed by atoms with Gasteiger partial charge in [0, 0.05) is 24.2 Å². The van der Waals surface area contributed by atoms with E-state index in [-0.39, 0.29) is 41.5 Å². The summed E-state index contributed by atoms with van der Waals surface area (Å²) in [5.74, 6) is -0.371. The second-order valence-electron chi connectivity index (χ2n) is 7.29. The fraction of sp³-hybridized carbons (Fsp3) is 0.429. The number of aromatic amines is 1. The summed E-state index contributed by atoms with van der Waals surface area (Å²) in [4.78, 5) is 27.8. The molecule has 156 valence electrons. The van der Waals surface area contributed by atoms with Crippen molar-refractivity contribution in [1.29, 1.82) is 0 Å². The average molecular weight is 420 g/mol. The van der Waals surface area contributed by atoms with Crippen molar-refractivity contribution in [2.45, 2.75) is 50.9 Å². The molecule has 1 aliphatic carbocycles. The van der Waals surface area contributed by atoms with Crippen molar-refractivity contribution in [1.82, 2.24) is 15.6 Å². The van der Waals surface area contributed by atoms with Crippen LogP contribution in [0.2, 0.25) is 5.02 Å². The van der Waals surface area contributed by atoms with Crippen LogP contribution in [0.5, 0.6) is 5.75 Å². The number of H-pyrrole nitrogens is 1. The minimum absolute atomic E-state index is 0.00927. The third-order valence-corrected chi connectivity index (χ3v) is 5.41. The number of aliphatic hydroxyl groups is 1. The highest BCUT2D eigenvalue weighted by molar-refractivity contribution is 6.30. The molecule has 0 bridgehead atoms. The fourth-order valence-electron chi connectivity index (χ4n) is 3.42. The van der Waals surface area contributed by atoms with E-state index in [9.17, 15) is 14.7 Å². The van der Waals surface area contributed by atoms with Crippen LogP contribution in [-0.4, -0.2) is 41.1 Å². The van der Waals surface area contributed by atoms with E-state index in [1.165, 1.54) is 7.05 Å². The van der Waals surface area contributed by atoms with Crippen molar-refractivity contribution in [2.24, 2.45) is 0 Å². The number of nitrogens with one attached hydrogen (secondary N) is 3. The van der Waals surface area contributed by atoms with Crippen molar-refractivity contribution in [3.8, 4) is 5.75 Å². The largest absolute Gasteiger partial charge is 0.484 e. The van der Waals surface area contributed by atoms with Crippen LogP contribution in [0.4, 0.5) is 0 Å². The molecule has 1 atom stereocenters. The fourth-order valence-corrected chi connectivity index (χ4v) is 3.55. The van der Waals surface area contributed by atoms with Gasteiger partial charge in [0.1, 0.15) is 17.5 Å². The molecule has 1 saturated carbocycles. The highest BCUT2D eigenvalue weighted by Gasteiger charge is 2.25. The zero-order chi connectivity index (χ0) is 21.0. The maximum absolute atomic E-state index is 12.7. The van der Waals surface area contributed by atoms with Crippen LogP contribution < -0.4 is 15.4 Å². The maximum atomic E-state index is 12.7. The normalized spacial score (nSPS) is 20.0. The van der Waals surface area contributed by atoms with E-state index in [4.69, 9.17) is 16.3 Å². The molecule has 1 aliphatic rings. The van der Waals surface area contributed by atoms with Gasteiger partial charge in [-0.3, -0.25) is 9.59 Å². The third-order valence-electron chi connectivity index (χ3n) is 5.16. The lowest BCUT2D eigenvalue weighted by Crippen LogP contribution is -2.38. The second-order valence-corrected chi connectivity index (χ2v) is 7.73. The predicted molar refractivity (Wildman–Crippen MR) is 110 cm³/mol. The molecule has 1 aromatic heterocycles. The molecule has 2 aromatic rings. The lowest BCUT2D eigenvalue weighted by Gasteiger charge is -2.25. The Morgan fingerprint density at radius 1 is 1.17 bits per heavy atom. The number of carbonyl (C=O) groups excluding carboxylic acids is 2. The van der Waals surface area contributed by atoms with Crippen LogP contribution in [0.1, 0.15) is 65.3 Å². The molecule has 8 heteroatoms. The number of hydrogen-bond donors (Lipinski definition) is 4. The van der Waals surface area contributed by atoms with Crippen LogP contribution in [-0.2, 0) is 0 Å². The van der Waals surface area contributed by atoms with Gasteiger partial charge in [-0.1, -0.05) is 23.7 Å². The molecule has 0 spiro atoms. The van der Waals surface area contributed by atoms with Crippen molar-refractivity contribution in [2.75, 3.05) is 7.05 Å². The number of benzene rings is 1. The number of aliphatic hydroxyl groups excluding tert-OH is 1. The van der Waals surface area contributed by atoms with Gasteiger partial charge >= 0.3 is 0 Å². The smallest absolute Gasteiger partial charge is 0.271 e. The molecule has 0 aliphatic heterocycles. The van der Waals surface area contributed by atoms with E-state index in [0.717, 1.165) is 18.4 Å². The monoisotopic (exact) mass is 419 g/mol. The van der Waals surface area contributed by atoms with Gasteiger partial charge in [-0.05, 0) is 50.3 Å². The van der Waals surface area contributed by atoms with Crippen LogP contribution in [0.15, 0.2) is 30.3 Å². The van der Waals surface area contributed by atoms with Crippen molar-refractivity contribution in [3.63, 3.8) is 0 Å². The Kier molecular flexibility index (Phi) is 6.82. The first-order chi connectivity index (χ1) is 13.9. The summed E-state index contributed by atoms with van der Waals surface area (Å²) in [5.41, 5.74) is 1.34. The van der Waals surface area contributed by atoms with E-state index >= 15 is 0 Å². The summed E-state index contributed by atoms with van der Waals surface area (Å²) >= 11 is 5.93. The molecule has 2 amide bonds. The number of hydrogen-bond acceptors (Lipinski definition) is 4. The number of ether oxygens (including phenoxy) is 1. The molecule has 7 nitrogen and oxygen atoms in total. The Morgan fingerprint density at radius 2 is 1.83 bits per heavy atom. The van der Waals surface area contributed by atoms with Gasteiger partial charge in [0.15, 0.2) is 5.75 Å². The minimum atomic E-state index is -0.372. The average Bonchev–Trinajstić information content (AvgIpc) is 3.13. The van der Waals surface area contributed by atoms with E-state index in [1.54, 1.807) is 18.2 Å². The molecule has 3 rings (SSSR count). The first-order valence-electron chi connectivity index (χ1n) is 9.73. The molecule has 1 heterocycles. The predicted octanol–water partition coefficient (Wildman–Crippen LogP) is 3.20. The maximum Gasteiger partial charge on any atom is 0.271 e. The van der Waals surface area contributed by atoms with E-state index < -0.39 is 0 Å². The molecule has 1 aromatic carbocycles. The number of amides is 2. The Balaban J connectivity index is 1.75. The molecule has 29 heavy (non-hydrogen) atoms. The second kappa shape index (κ2) is 9.33. The zero-order valence-corrected chi connectivity index (χ0v) is 17.3. The van der Waals surface area contributed by atoms with Crippen LogP contribution in [0.25, 0.3) is 0 Å². The molecule has 1 fully saturated rings. The molecular formula is C21H26ClN3O4. The van der Waals surface area contributed by atoms with Crippen molar-refractivity contribution in [3.05, 3.63) is 52.3 Å². The minimum Gasteiger partial charge on any atom is -0.484 e. The lowest BCUT2D eigenvalue weighted by molar-refractivity contribution is 0.0863. The summed E-state index contributed by atoms with van der Waals surface area (Å²) in [7, 11) is 1.52. The Morgan fingerprint density at radius 3 is 2.45 bits per heavy atom. The van der Waals surface area contributed by atoms with E-state index in [0.29, 0.717) is 23.6 Å². The Labute approximate surface area is 174 Å².